The number of amides is 2. The van der Waals surface area contributed by atoms with Gasteiger partial charge in [-0.1, -0.05) is 41.1 Å². The zero-order valence-corrected chi connectivity index (χ0v) is 15.4. The second kappa shape index (κ2) is 8.43. The lowest BCUT2D eigenvalue weighted by atomic mass is 10.3. The van der Waals surface area contributed by atoms with Gasteiger partial charge >= 0.3 is 11.0 Å². The van der Waals surface area contributed by atoms with E-state index in [4.69, 9.17) is 11.6 Å². The Morgan fingerprint density at radius 2 is 1.81 bits per heavy atom. The van der Waals surface area contributed by atoms with Crippen LogP contribution in [0.2, 0.25) is 5.02 Å². The van der Waals surface area contributed by atoms with E-state index < -0.39 is 11.0 Å². The summed E-state index contributed by atoms with van der Waals surface area (Å²) in [5.74, 6) is 0. The number of halogens is 1. The Hall–Kier alpha value is -3.23. The first kappa shape index (κ1) is 18.6. The molecule has 2 amide bonds. The summed E-state index contributed by atoms with van der Waals surface area (Å²) < 4.78 is 0. The number of hydrogen-bond acceptors (Lipinski definition) is 5. The summed E-state index contributed by atoms with van der Waals surface area (Å²) in [5.41, 5.74) is 1.11. The summed E-state index contributed by atoms with van der Waals surface area (Å²) >= 11 is 6.83. The number of carbonyl (C=O) groups excluding carboxylic acids is 1. The lowest BCUT2D eigenvalue weighted by Gasteiger charge is -2.17. The fraction of sp³-hybridized carbons (Fsp3) is 0. The van der Waals surface area contributed by atoms with Gasteiger partial charge in [0.25, 0.3) is 0 Å². The number of urea groups is 1. The van der Waals surface area contributed by atoms with E-state index in [-0.39, 0.29) is 5.00 Å². The molecule has 0 saturated heterocycles. The number of nitrogens with zero attached hydrogens (tertiary/aromatic N) is 3. The van der Waals surface area contributed by atoms with Crippen LogP contribution in [0.25, 0.3) is 0 Å². The summed E-state index contributed by atoms with van der Waals surface area (Å²) in [6, 6.07) is 18.0. The van der Waals surface area contributed by atoms with Gasteiger partial charge in [0.1, 0.15) is 0 Å². The molecule has 0 fully saturated rings. The number of carbonyl (C=O) groups is 1. The molecule has 1 aromatic heterocycles. The standard InChI is InChI=1S/C18H13ClN4O3S/c19-13-6-8-14(9-7-13)21-18(24)22(15-4-2-1-3-5-15)20-12-16-10-11-17(27-16)23(25)26/h1-12H,(H,21,24)/b20-12+. The molecule has 9 heteroatoms. The molecule has 136 valence electrons. The Bertz CT molecular complexity index is 974. The molecular weight excluding hydrogens is 388 g/mol. The van der Waals surface area contributed by atoms with Crippen molar-refractivity contribution in [2.75, 3.05) is 10.3 Å². The van der Waals surface area contributed by atoms with Crippen molar-refractivity contribution in [3.63, 3.8) is 0 Å². The number of rotatable bonds is 5. The third-order valence-electron chi connectivity index (χ3n) is 3.38. The highest BCUT2D eigenvalue weighted by Crippen LogP contribution is 2.23. The number of anilines is 2. The van der Waals surface area contributed by atoms with Crippen LogP contribution in [0.4, 0.5) is 21.2 Å². The molecule has 7 nitrogen and oxygen atoms in total. The molecule has 0 aliphatic heterocycles. The van der Waals surface area contributed by atoms with Gasteiger partial charge in [-0.05, 0) is 42.5 Å². The molecule has 1 N–H and O–H groups in total. The van der Waals surface area contributed by atoms with Crippen molar-refractivity contribution in [1.82, 2.24) is 0 Å². The highest BCUT2D eigenvalue weighted by Gasteiger charge is 2.15. The molecule has 1 heterocycles. The van der Waals surface area contributed by atoms with E-state index in [1.54, 1.807) is 54.6 Å². The van der Waals surface area contributed by atoms with Gasteiger partial charge in [0.15, 0.2) is 0 Å². The SMILES string of the molecule is O=C(Nc1ccc(Cl)cc1)N(/N=C/c1ccc([N+](=O)[O-])s1)c1ccccc1. The molecule has 0 atom stereocenters. The van der Waals surface area contributed by atoms with Crippen molar-refractivity contribution >= 4 is 51.6 Å². The molecule has 0 bridgehead atoms. The molecular formula is C18H13ClN4O3S. The predicted molar refractivity (Wildman–Crippen MR) is 108 cm³/mol. The minimum absolute atomic E-state index is 0.00771. The van der Waals surface area contributed by atoms with Gasteiger partial charge in [-0.25, -0.2) is 4.79 Å². The van der Waals surface area contributed by atoms with Gasteiger partial charge in [-0.2, -0.15) is 10.1 Å². The van der Waals surface area contributed by atoms with Crippen molar-refractivity contribution in [3.8, 4) is 0 Å². The Labute approximate surface area is 163 Å². The topological polar surface area (TPSA) is 87.8 Å². The molecule has 0 aliphatic rings. The fourth-order valence-corrected chi connectivity index (χ4v) is 2.95. The average Bonchev–Trinajstić information content (AvgIpc) is 3.14. The Morgan fingerprint density at radius 3 is 2.44 bits per heavy atom. The van der Waals surface area contributed by atoms with E-state index in [0.717, 1.165) is 11.3 Å². The van der Waals surface area contributed by atoms with E-state index in [1.807, 2.05) is 6.07 Å². The first-order valence-corrected chi connectivity index (χ1v) is 8.92. The summed E-state index contributed by atoms with van der Waals surface area (Å²) in [7, 11) is 0. The van der Waals surface area contributed by atoms with Crippen LogP contribution >= 0.6 is 22.9 Å². The maximum absolute atomic E-state index is 12.7. The molecule has 0 saturated carbocycles. The van der Waals surface area contributed by atoms with Crippen molar-refractivity contribution in [2.45, 2.75) is 0 Å². The number of benzene rings is 2. The van der Waals surface area contributed by atoms with Crippen molar-refractivity contribution in [2.24, 2.45) is 5.10 Å². The molecule has 3 rings (SSSR count). The molecule has 3 aromatic rings. The van der Waals surface area contributed by atoms with Crippen LogP contribution in [0.1, 0.15) is 4.88 Å². The van der Waals surface area contributed by atoms with E-state index in [1.165, 1.54) is 17.3 Å². The smallest absolute Gasteiger partial charge is 0.306 e. The zero-order chi connectivity index (χ0) is 19.2. The predicted octanol–water partition coefficient (Wildman–Crippen LogP) is 5.38. The van der Waals surface area contributed by atoms with Crippen molar-refractivity contribution < 1.29 is 9.72 Å². The minimum Gasteiger partial charge on any atom is -0.306 e. The Balaban J connectivity index is 1.84. The van der Waals surface area contributed by atoms with Crippen LogP contribution in [0, 0.1) is 10.1 Å². The summed E-state index contributed by atoms with van der Waals surface area (Å²) in [5, 5.41) is 19.5. The molecule has 0 spiro atoms. The van der Waals surface area contributed by atoms with Crippen LogP contribution in [0.3, 0.4) is 0 Å². The molecule has 0 aliphatic carbocycles. The maximum atomic E-state index is 12.7. The van der Waals surface area contributed by atoms with Gasteiger partial charge in [-0.15, -0.1) is 0 Å². The molecule has 0 unspecified atom stereocenters. The fourth-order valence-electron chi connectivity index (χ4n) is 2.14. The van der Waals surface area contributed by atoms with Crippen LogP contribution in [0.15, 0.2) is 71.8 Å². The summed E-state index contributed by atoms with van der Waals surface area (Å²) in [4.78, 5) is 23.6. The normalized spacial score (nSPS) is 10.7. The van der Waals surface area contributed by atoms with E-state index >= 15 is 0 Å². The maximum Gasteiger partial charge on any atom is 0.347 e. The number of para-hydroxylation sites is 1. The number of thiophene rings is 1. The van der Waals surface area contributed by atoms with Gasteiger partial charge in [0.05, 0.1) is 21.7 Å². The largest absolute Gasteiger partial charge is 0.347 e. The molecule has 27 heavy (non-hydrogen) atoms. The lowest BCUT2D eigenvalue weighted by Crippen LogP contribution is -2.30. The van der Waals surface area contributed by atoms with Gasteiger partial charge < -0.3 is 5.32 Å². The zero-order valence-electron chi connectivity index (χ0n) is 13.8. The first-order chi connectivity index (χ1) is 13.0. The third-order valence-corrected chi connectivity index (χ3v) is 4.61. The van der Waals surface area contributed by atoms with E-state index in [0.29, 0.717) is 21.3 Å². The second-order valence-corrected chi connectivity index (χ2v) is 6.79. The average molecular weight is 401 g/mol. The Kier molecular flexibility index (Phi) is 5.80. The lowest BCUT2D eigenvalue weighted by molar-refractivity contribution is -0.380. The van der Waals surface area contributed by atoms with Gasteiger partial charge in [0, 0.05) is 16.8 Å². The van der Waals surface area contributed by atoms with Gasteiger partial charge in [0.2, 0.25) is 0 Å². The van der Waals surface area contributed by atoms with Crippen LogP contribution < -0.4 is 10.3 Å². The molecule has 2 aromatic carbocycles. The van der Waals surface area contributed by atoms with Crippen LogP contribution in [-0.4, -0.2) is 17.2 Å². The van der Waals surface area contributed by atoms with Crippen molar-refractivity contribution in [3.05, 3.63) is 86.7 Å². The van der Waals surface area contributed by atoms with Crippen LogP contribution in [0.5, 0.6) is 0 Å². The number of hydrogen-bond donors (Lipinski definition) is 1. The van der Waals surface area contributed by atoms with E-state index in [9.17, 15) is 14.9 Å². The highest BCUT2D eigenvalue weighted by molar-refractivity contribution is 7.16. The highest BCUT2D eigenvalue weighted by atomic mass is 35.5. The number of hydrazone groups is 1. The molecule has 0 radical (unpaired) electrons. The minimum atomic E-state index is -0.481. The Morgan fingerprint density at radius 1 is 1.11 bits per heavy atom. The quantitative estimate of drug-likeness (QED) is 0.354. The summed E-state index contributed by atoms with van der Waals surface area (Å²) in [6.45, 7) is 0. The number of nitro groups is 1. The third kappa shape index (κ3) is 4.90. The first-order valence-electron chi connectivity index (χ1n) is 7.73. The second-order valence-electron chi connectivity index (χ2n) is 5.26. The summed E-state index contributed by atoms with van der Waals surface area (Å²) in [6.07, 6.45) is 1.41. The van der Waals surface area contributed by atoms with E-state index in [2.05, 4.69) is 10.4 Å². The monoisotopic (exact) mass is 400 g/mol. The van der Waals surface area contributed by atoms with Crippen molar-refractivity contribution in [1.29, 1.82) is 0 Å². The van der Waals surface area contributed by atoms with Crippen LogP contribution in [-0.2, 0) is 0 Å². The van der Waals surface area contributed by atoms with Gasteiger partial charge in [-0.3, -0.25) is 10.1 Å². The number of nitrogens with one attached hydrogen (secondary N) is 1.